The third kappa shape index (κ3) is 2.97. The van der Waals surface area contributed by atoms with Gasteiger partial charge in [-0.15, -0.1) is 21.5 Å². The number of aryl methyl sites for hydroxylation is 1. The fourth-order valence-electron chi connectivity index (χ4n) is 1.36. The molecular weight excluding hydrogens is 322 g/mol. The lowest BCUT2D eigenvalue weighted by Crippen LogP contribution is -2.15. The number of nitrogens with zero attached hydrogens (tertiary/aromatic N) is 2. The number of thiophene rings is 1. The highest BCUT2D eigenvalue weighted by Gasteiger charge is 2.25. The van der Waals surface area contributed by atoms with Crippen LogP contribution in [-0.4, -0.2) is 31.7 Å². The smallest absolute Gasteiger partial charge is 0.349 e. The van der Waals surface area contributed by atoms with E-state index in [9.17, 15) is 13.2 Å². The summed E-state index contributed by atoms with van der Waals surface area (Å²) in [6.45, 7) is 1.90. The molecule has 0 saturated heterocycles. The Balaban J connectivity index is 2.31. The van der Waals surface area contributed by atoms with Gasteiger partial charge in [0.15, 0.2) is 0 Å². The van der Waals surface area contributed by atoms with Crippen LogP contribution in [0.15, 0.2) is 16.3 Å². The molecule has 0 atom stereocenters. The summed E-state index contributed by atoms with van der Waals surface area (Å²) in [6.07, 6.45) is 0.672. The monoisotopic (exact) mass is 333 g/mol. The molecule has 0 aliphatic carbocycles. The molecule has 0 radical (unpaired) electrons. The summed E-state index contributed by atoms with van der Waals surface area (Å²) >= 11 is 2.15. The first-order valence-electron chi connectivity index (χ1n) is 5.49. The zero-order chi connectivity index (χ0) is 14.8. The average molecular weight is 333 g/mol. The Morgan fingerprint density at radius 1 is 1.45 bits per heavy atom. The van der Waals surface area contributed by atoms with Crippen molar-refractivity contribution in [3.8, 4) is 0 Å². The minimum Gasteiger partial charge on any atom is -0.465 e. The maximum Gasteiger partial charge on any atom is 0.349 e. The first-order chi connectivity index (χ1) is 9.47. The molecule has 0 amide bonds. The fourth-order valence-corrected chi connectivity index (χ4v) is 4.60. The van der Waals surface area contributed by atoms with E-state index in [1.165, 1.54) is 18.6 Å². The molecule has 7 nitrogen and oxygen atoms in total. The number of anilines is 1. The predicted octanol–water partition coefficient (Wildman–Crippen LogP) is 1.75. The van der Waals surface area contributed by atoms with Gasteiger partial charge in [0.05, 0.1) is 7.11 Å². The number of ether oxygens (including phenoxy) is 1. The van der Waals surface area contributed by atoms with E-state index >= 15 is 0 Å². The second-order valence-electron chi connectivity index (χ2n) is 3.57. The normalized spacial score (nSPS) is 11.3. The van der Waals surface area contributed by atoms with E-state index in [1.807, 2.05) is 6.92 Å². The van der Waals surface area contributed by atoms with E-state index in [2.05, 4.69) is 19.7 Å². The molecule has 0 aliphatic rings. The number of hydrogen-bond acceptors (Lipinski definition) is 8. The molecule has 0 unspecified atom stereocenters. The molecule has 0 bridgehead atoms. The van der Waals surface area contributed by atoms with Gasteiger partial charge < -0.3 is 4.74 Å². The molecule has 2 aromatic heterocycles. The summed E-state index contributed by atoms with van der Waals surface area (Å²) in [5.41, 5.74) is 0. The van der Waals surface area contributed by atoms with Gasteiger partial charge in [-0.2, -0.15) is 0 Å². The number of sulfonamides is 1. The van der Waals surface area contributed by atoms with Crippen LogP contribution in [0.2, 0.25) is 0 Å². The first kappa shape index (κ1) is 14.9. The second kappa shape index (κ2) is 5.85. The molecule has 0 spiro atoms. The van der Waals surface area contributed by atoms with Crippen LogP contribution in [0.3, 0.4) is 0 Å². The number of esters is 1. The minimum absolute atomic E-state index is 0.0280. The van der Waals surface area contributed by atoms with Crippen LogP contribution < -0.4 is 4.72 Å². The van der Waals surface area contributed by atoms with Crippen molar-refractivity contribution >= 4 is 43.8 Å². The number of nitrogens with one attached hydrogen (secondary N) is 1. The lowest BCUT2D eigenvalue weighted by molar-refractivity contribution is 0.0602. The van der Waals surface area contributed by atoms with Crippen LogP contribution in [0.5, 0.6) is 0 Å². The van der Waals surface area contributed by atoms with Crippen molar-refractivity contribution in [2.75, 3.05) is 11.8 Å². The molecule has 0 saturated carbocycles. The number of carbonyl (C=O) groups is 1. The van der Waals surface area contributed by atoms with Crippen molar-refractivity contribution in [1.82, 2.24) is 10.2 Å². The molecule has 0 aromatic carbocycles. The van der Waals surface area contributed by atoms with Gasteiger partial charge in [-0.1, -0.05) is 18.3 Å². The predicted molar refractivity (Wildman–Crippen MR) is 75.8 cm³/mol. The first-order valence-corrected chi connectivity index (χ1v) is 8.67. The number of rotatable bonds is 5. The van der Waals surface area contributed by atoms with Gasteiger partial charge in [0.1, 0.15) is 14.8 Å². The fraction of sp³-hybridized carbons (Fsp3) is 0.300. The molecule has 2 aromatic rings. The molecule has 2 rings (SSSR count). The highest BCUT2D eigenvalue weighted by atomic mass is 32.2. The van der Waals surface area contributed by atoms with E-state index in [4.69, 9.17) is 0 Å². The van der Waals surface area contributed by atoms with E-state index in [0.29, 0.717) is 6.42 Å². The van der Waals surface area contributed by atoms with Crippen molar-refractivity contribution < 1.29 is 17.9 Å². The Bertz CT molecular complexity index is 720. The van der Waals surface area contributed by atoms with Gasteiger partial charge in [0, 0.05) is 0 Å². The van der Waals surface area contributed by atoms with Crippen molar-refractivity contribution in [1.29, 1.82) is 0 Å². The van der Waals surface area contributed by atoms with Gasteiger partial charge in [0.25, 0.3) is 10.0 Å². The van der Waals surface area contributed by atoms with Crippen molar-refractivity contribution in [3.05, 3.63) is 21.3 Å². The number of aromatic nitrogens is 2. The number of hydrogen-bond donors (Lipinski definition) is 1. The molecule has 10 heteroatoms. The largest absolute Gasteiger partial charge is 0.465 e. The third-order valence-corrected chi connectivity index (χ3v) is 5.80. The molecule has 1 N–H and O–H groups in total. The van der Waals surface area contributed by atoms with E-state index in [-0.39, 0.29) is 14.9 Å². The van der Waals surface area contributed by atoms with E-state index in [1.54, 1.807) is 0 Å². The topological polar surface area (TPSA) is 98.3 Å². The zero-order valence-electron chi connectivity index (χ0n) is 10.6. The second-order valence-corrected chi connectivity index (χ2v) is 7.19. The molecular formula is C10H11N3O4S3. The summed E-state index contributed by atoms with van der Waals surface area (Å²) < 4.78 is 31.3. The average Bonchev–Trinajstić information content (AvgIpc) is 3.05. The summed E-state index contributed by atoms with van der Waals surface area (Å²) in [7, 11) is -2.68. The lowest BCUT2D eigenvalue weighted by atomic mass is 10.5. The van der Waals surface area contributed by atoms with Crippen molar-refractivity contribution in [2.45, 2.75) is 18.2 Å². The van der Waals surface area contributed by atoms with Gasteiger partial charge in [-0.25, -0.2) is 13.2 Å². The summed E-state index contributed by atoms with van der Waals surface area (Å²) in [5.74, 6) is -0.688. The Morgan fingerprint density at radius 3 is 2.80 bits per heavy atom. The maximum absolute atomic E-state index is 12.2. The van der Waals surface area contributed by atoms with Crippen molar-refractivity contribution in [2.24, 2.45) is 0 Å². The van der Waals surface area contributed by atoms with Crippen LogP contribution in [0.4, 0.5) is 5.13 Å². The summed E-state index contributed by atoms with van der Waals surface area (Å²) in [4.78, 5) is 11.4. The standard InChI is InChI=1S/C10H11N3O4S3/c1-3-7-11-12-10(19-7)13-20(15,16)6-4-5-18-8(6)9(14)17-2/h4-5H,3H2,1-2H3,(H,12,13). The van der Waals surface area contributed by atoms with Crippen LogP contribution in [0, 0.1) is 0 Å². The summed E-state index contributed by atoms with van der Waals surface area (Å²) in [5, 5.41) is 9.97. The molecule has 2 heterocycles. The molecule has 0 fully saturated rings. The van der Waals surface area contributed by atoms with E-state index < -0.39 is 16.0 Å². The summed E-state index contributed by atoms with van der Waals surface area (Å²) in [6, 6.07) is 1.35. The Morgan fingerprint density at radius 2 is 2.20 bits per heavy atom. The molecule has 0 aliphatic heterocycles. The lowest BCUT2D eigenvalue weighted by Gasteiger charge is -2.04. The van der Waals surface area contributed by atoms with Crippen LogP contribution >= 0.6 is 22.7 Å². The highest BCUT2D eigenvalue weighted by molar-refractivity contribution is 7.93. The van der Waals surface area contributed by atoms with Gasteiger partial charge in [-0.3, -0.25) is 4.72 Å². The molecule has 20 heavy (non-hydrogen) atoms. The Kier molecular flexibility index (Phi) is 4.35. The third-order valence-electron chi connectivity index (χ3n) is 2.28. The maximum atomic E-state index is 12.2. The zero-order valence-corrected chi connectivity index (χ0v) is 13.1. The Labute approximate surface area is 123 Å². The quantitative estimate of drug-likeness (QED) is 0.837. The highest BCUT2D eigenvalue weighted by Crippen LogP contribution is 2.26. The van der Waals surface area contributed by atoms with Gasteiger partial charge in [0.2, 0.25) is 5.13 Å². The Hall–Kier alpha value is -1.52. The molecule has 108 valence electrons. The van der Waals surface area contributed by atoms with Crippen molar-refractivity contribution in [3.63, 3.8) is 0 Å². The SMILES string of the molecule is CCc1nnc(NS(=O)(=O)c2ccsc2C(=O)OC)s1. The number of methoxy groups -OCH3 is 1. The van der Waals surface area contributed by atoms with Gasteiger partial charge >= 0.3 is 5.97 Å². The van der Waals surface area contributed by atoms with Crippen LogP contribution in [-0.2, 0) is 21.2 Å². The minimum atomic E-state index is -3.88. The van der Waals surface area contributed by atoms with Crippen LogP contribution in [0.1, 0.15) is 21.6 Å². The van der Waals surface area contributed by atoms with E-state index in [0.717, 1.165) is 27.7 Å². The number of carbonyl (C=O) groups excluding carboxylic acids is 1. The van der Waals surface area contributed by atoms with Gasteiger partial charge in [-0.05, 0) is 17.9 Å². The van der Waals surface area contributed by atoms with Crippen LogP contribution in [0.25, 0.3) is 0 Å².